The number of hydrogen-bond acceptors (Lipinski definition) is 3. The minimum Gasteiger partial charge on any atom is -0.351 e. The molecule has 0 aliphatic heterocycles. The number of pyridine rings is 1. The van der Waals surface area contributed by atoms with E-state index in [1.54, 1.807) is 16.7 Å². The van der Waals surface area contributed by atoms with Crippen molar-refractivity contribution in [3.8, 4) is 0 Å². The number of fused-ring (bicyclic) bond motifs is 1. The average Bonchev–Trinajstić information content (AvgIpc) is 2.94. The third kappa shape index (κ3) is 4.34. The summed E-state index contributed by atoms with van der Waals surface area (Å²) in [5.74, 6) is 0.259. The Hall–Kier alpha value is -2.37. The van der Waals surface area contributed by atoms with Gasteiger partial charge in [-0.2, -0.15) is 0 Å². The second-order valence-electron chi connectivity index (χ2n) is 6.29. The van der Waals surface area contributed by atoms with E-state index in [0.29, 0.717) is 30.2 Å². The molecule has 0 saturated heterocycles. The SMILES string of the molecule is CCCCNC(=O)c1nc(C(=O)NCCC(C)C)n2ccccc12. The molecular weight excluding hydrogens is 304 g/mol. The Morgan fingerprint density at radius 2 is 1.92 bits per heavy atom. The van der Waals surface area contributed by atoms with Crippen molar-refractivity contribution in [2.45, 2.75) is 40.0 Å². The fourth-order valence-corrected chi connectivity index (χ4v) is 2.38. The van der Waals surface area contributed by atoms with Crippen LogP contribution in [0.3, 0.4) is 0 Å². The highest BCUT2D eigenvalue weighted by atomic mass is 16.2. The molecule has 6 heteroatoms. The summed E-state index contributed by atoms with van der Waals surface area (Å²) in [6.07, 6.45) is 4.58. The van der Waals surface area contributed by atoms with E-state index >= 15 is 0 Å². The van der Waals surface area contributed by atoms with Crippen LogP contribution in [0.5, 0.6) is 0 Å². The van der Waals surface area contributed by atoms with Crippen LogP contribution in [-0.2, 0) is 0 Å². The van der Waals surface area contributed by atoms with Gasteiger partial charge in [0.1, 0.15) is 0 Å². The Balaban J connectivity index is 2.21. The van der Waals surface area contributed by atoms with Crippen molar-refractivity contribution in [2.75, 3.05) is 13.1 Å². The lowest BCUT2D eigenvalue weighted by molar-refractivity contribution is 0.0941. The van der Waals surface area contributed by atoms with Crippen LogP contribution in [0.1, 0.15) is 61.1 Å². The Morgan fingerprint density at radius 3 is 2.62 bits per heavy atom. The quantitative estimate of drug-likeness (QED) is 0.731. The molecular formula is C18H26N4O2. The van der Waals surface area contributed by atoms with Gasteiger partial charge in [0, 0.05) is 19.3 Å². The molecule has 0 fully saturated rings. The third-order valence-electron chi connectivity index (χ3n) is 3.79. The van der Waals surface area contributed by atoms with Crippen molar-refractivity contribution >= 4 is 17.3 Å². The monoisotopic (exact) mass is 330 g/mol. The first-order chi connectivity index (χ1) is 11.5. The first-order valence-corrected chi connectivity index (χ1v) is 8.58. The van der Waals surface area contributed by atoms with Crippen LogP contribution in [-0.4, -0.2) is 34.3 Å². The fourth-order valence-electron chi connectivity index (χ4n) is 2.38. The molecule has 2 aromatic heterocycles. The highest BCUT2D eigenvalue weighted by Crippen LogP contribution is 2.13. The molecule has 2 rings (SSSR count). The summed E-state index contributed by atoms with van der Waals surface area (Å²) < 4.78 is 1.67. The fraction of sp³-hybridized carbons (Fsp3) is 0.500. The Labute approximate surface area is 142 Å². The maximum atomic E-state index is 12.4. The number of carbonyl (C=O) groups is 2. The summed E-state index contributed by atoms with van der Waals surface area (Å²) in [4.78, 5) is 29.1. The molecule has 0 atom stereocenters. The molecule has 6 nitrogen and oxygen atoms in total. The molecule has 2 N–H and O–H groups in total. The van der Waals surface area contributed by atoms with Gasteiger partial charge in [-0.3, -0.25) is 14.0 Å². The third-order valence-corrected chi connectivity index (χ3v) is 3.79. The first-order valence-electron chi connectivity index (χ1n) is 8.58. The zero-order valence-electron chi connectivity index (χ0n) is 14.6. The first kappa shape index (κ1) is 18.0. The normalized spacial score (nSPS) is 11.0. The highest BCUT2D eigenvalue weighted by Gasteiger charge is 2.20. The topological polar surface area (TPSA) is 75.5 Å². The smallest absolute Gasteiger partial charge is 0.287 e. The Morgan fingerprint density at radius 1 is 1.17 bits per heavy atom. The van der Waals surface area contributed by atoms with Crippen LogP contribution in [0, 0.1) is 5.92 Å². The molecule has 2 heterocycles. The van der Waals surface area contributed by atoms with E-state index < -0.39 is 0 Å². The van der Waals surface area contributed by atoms with Crippen LogP contribution in [0.25, 0.3) is 5.52 Å². The van der Waals surface area contributed by atoms with Gasteiger partial charge in [0.2, 0.25) is 5.82 Å². The summed E-state index contributed by atoms with van der Waals surface area (Å²) in [6, 6.07) is 5.45. The molecule has 0 radical (unpaired) electrons. The van der Waals surface area contributed by atoms with Gasteiger partial charge in [0.25, 0.3) is 11.8 Å². The van der Waals surface area contributed by atoms with E-state index in [-0.39, 0.29) is 17.6 Å². The minimum atomic E-state index is -0.260. The summed E-state index contributed by atoms with van der Waals surface area (Å²) in [5, 5.41) is 5.73. The van der Waals surface area contributed by atoms with Crippen molar-refractivity contribution < 1.29 is 9.59 Å². The van der Waals surface area contributed by atoms with Gasteiger partial charge >= 0.3 is 0 Å². The van der Waals surface area contributed by atoms with Crippen LogP contribution in [0.15, 0.2) is 24.4 Å². The van der Waals surface area contributed by atoms with Gasteiger partial charge in [0.15, 0.2) is 5.69 Å². The minimum absolute atomic E-state index is 0.242. The number of amides is 2. The summed E-state index contributed by atoms with van der Waals surface area (Å²) >= 11 is 0. The molecule has 130 valence electrons. The molecule has 0 bridgehead atoms. The zero-order chi connectivity index (χ0) is 17.5. The molecule has 0 saturated carbocycles. The van der Waals surface area contributed by atoms with Crippen molar-refractivity contribution in [3.63, 3.8) is 0 Å². The van der Waals surface area contributed by atoms with Crippen molar-refractivity contribution in [1.29, 1.82) is 0 Å². The van der Waals surface area contributed by atoms with Gasteiger partial charge in [-0.25, -0.2) is 4.98 Å². The molecule has 2 aromatic rings. The average molecular weight is 330 g/mol. The summed E-state index contributed by atoms with van der Waals surface area (Å²) in [5.41, 5.74) is 0.932. The van der Waals surface area contributed by atoms with E-state index in [2.05, 4.69) is 36.4 Å². The van der Waals surface area contributed by atoms with Crippen molar-refractivity contribution in [2.24, 2.45) is 5.92 Å². The van der Waals surface area contributed by atoms with Gasteiger partial charge in [-0.15, -0.1) is 0 Å². The summed E-state index contributed by atoms with van der Waals surface area (Å²) in [6.45, 7) is 7.48. The number of rotatable bonds is 8. The van der Waals surface area contributed by atoms with Gasteiger partial charge in [-0.1, -0.05) is 33.3 Å². The Kier molecular flexibility index (Phi) is 6.35. The Bertz CT molecular complexity index is 706. The number of carbonyl (C=O) groups excluding carboxylic acids is 2. The number of unbranched alkanes of at least 4 members (excludes halogenated alkanes) is 1. The van der Waals surface area contributed by atoms with Crippen molar-refractivity contribution in [3.05, 3.63) is 35.9 Å². The molecule has 0 aliphatic rings. The lowest BCUT2D eigenvalue weighted by Crippen LogP contribution is -2.27. The molecule has 0 aliphatic carbocycles. The largest absolute Gasteiger partial charge is 0.351 e. The number of nitrogens with zero attached hydrogens (tertiary/aromatic N) is 2. The van der Waals surface area contributed by atoms with Gasteiger partial charge in [-0.05, 0) is 30.9 Å². The summed E-state index contributed by atoms with van der Waals surface area (Å²) in [7, 11) is 0. The van der Waals surface area contributed by atoms with E-state index in [1.807, 2.05) is 12.1 Å². The maximum Gasteiger partial charge on any atom is 0.287 e. The van der Waals surface area contributed by atoms with E-state index in [9.17, 15) is 9.59 Å². The van der Waals surface area contributed by atoms with E-state index in [0.717, 1.165) is 19.3 Å². The van der Waals surface area contributed by atoms with E-state index in [4.69, 9.17) is 0 Å². The molecule has 0 spiro atoms. The predicted molar refractivity (Wildman–Crippen MR) is 94.2 cm³/mol. The van der Waals surface area contributed by atoms with Crippen molar-refractivity contribution in [1.82, 2.24) is 20.0 Å². The van der Waals surface area contributed by atoms with Crippen LogP contribution < -0.4 is 10.6 Å². The van der Waals surface area contributed by atoms with Gasteiger partial charge < -0.3 is 10.6 Å². The lowest BCUT2D eigenvalue weighted by atomic mass is 10.1. The van der Waals surface area contributed by atoms with E-state index in [1.165, 1.54) is 0 Å². The van der Waals surface area contributed by atoms with Gasteiger partial charge in [0.05, 0.1) is 5.52 Å². The second-order valence-corrected chi connectivity index (χ2v) is 6.29. The maximum absolute atomic E-state index is 12.4. The predicted octanol–water partition coefficient (Wildman–Crippen LogP) is 2.64. The standard InChI is InChI=1S/C18H26N4O2/c1-4-5-10-19-17(23)15-14-8-6-7-12-22(14)16(21-15)18(24)20-11-9-13(2)3/h6-8,12-13H,4-5,9-11H2,1-3H3,(H,19,23)(H,20,24). The highest BCUT2D eigenvalue weighted by molar-refractivity contribution is 6.02. The second kappa shape index (κ2) is 8.47. The van der Waals surface area contributed by atoms with Crippen LogP contribution >= 0.6 is 0 Å². The number of nitrogens with one attached hydrogen (secondary N) is 2. The molecule has 0 aromatic carbocycles. The van der Waals surface area contributed by atoms with Crippen LogP contribution in [0.2, 0.25) is 0 Å². The molecule has 2 amide bonds. The zero-order valence-corrected chi connectivity index (χ0v) is 14.6. The molecule has 0 unspecified atom stereocenters. The number of imidazole rings is 1. The number of aromatic nitrogens is 2. The van der Waals surface area contributed by atoms with Crippen LogP contribution in [0.4, 0.5) is 0 Å². The number of hydrogen-bond donors (Lipinski definition) is 2. The molecule has 24 heavy (non-hydrogen) atoms. The lowest BCUT2D eigenvalue weighted by Gasteiger charge is -2.06.